The number of carbonyl (C=O) groups is 2. The summed E-state index contributed by atoms with van der Waals surface area (Å²) in [4.78, 5) is 24.6. The molecule has 0 aromatic heterocycles. The molecule has 0 aromatic rings. The average molecular weight is 494 g/mol. The molecule has 0 aromatic carbocycles. The third-order valence-electron chi connectivity index (χ3n) is 6.64. The molecule has 0 radical (unpaired) electrons. The number of Topliss-reactive ketones (excluding diaryl/α,β-unsaturated/α-hetero) is 1. The van der Waals surface area contributed by atoms with Crippen molar-refractivity contribution < 1.29 is 24.2 Å². The van der Waals surface area contributed by atoms with Crippen LogP contribution in [0.25, 0.3) is 0 Å². The maximum absolute atomic E-state index is 13.1. The van der Waals surface area contributed by atoms with E-state index in [2.05, 4.69) is 43.4 Å². The summed E-state index contributed by atoms with van der Waals surface area (Å²) in [6, 6.07) is 0. The number of aliphatic hydroxyl groups excluding tert-OH is 1. The predicted molar refractivity (Wildman–Crippen MR) is 113 cm³/mol. The summed E-state index contributed by atoms with van der Waals surface area (Å²) in [6.07, 6.45) is 1.93. The maximum Gasteiger partial charge on any atom is 0.302 e. The third-order valence-corrected chi connectivity index (χ3v) is 9.16. The van der Waals surface area contributed by atoms with E-state index in [1.54, 1.807) is 0 Å². The van der Waals surface area contributed by atoms with Crippen molar-refractivity contribution in [2.75, 3.05) is 0 Å². The highest BCUT2D eigenvalue weighted by Crippen LogP contribution is 2.59. The summed E-state index contributed by atoms with van der Waals surface area (Å²) in [6.45, 7) is 13.7. The monoisotopic (exact) mass is 494 g/mol. The highest BCUT2D eigenvalue weighted by molar-refractivity contribution is 14.1. The number of alkyl halides is 1. The van der Waals surface area contributed by atoms with Gasteiger partial charge in [-0.2, -0.15) is 0 Å². The van der Waals surface area contributed by atoms with Gasteiger partial charge in [-0.3, -0.25) is 9.59 Å². The van der Waals surface area contributed by atoms with E-state index in [0.29, 0.717) is 6.42 Å². The summed E-state index contributed by atoms with van der Waals surface area (Å²) in [5.41, 5.74) is -0.651. The number of esters is 1. The molecule has 1 heterocycles. The maximum atomic E-state index is 13.1. The first-order valence-electron chi connectivity index (χ1n) is 10.0. The summed E-state index contributed by atoms with van der Waals surface area (Å²) in [5, 5.41) is 10.8. The van der Waals surface area contributed by atoms with E-state index < -0.39 is 9.53 Å². The zero-order valence-electron chi connectivity index (χ0n) is 17.7. The van der Waals surface area contributed by atoms with Crippen molar-refractivity contribution in [3.05, 3.63) is 0 Å². The van der Waals surface area contributed by atoms with E-state index in [1.807, 2.05) is 20.8 Å². The number of ether oxygens (including phenoxy) is 2. The molecule has 1 aliphatic heterocycles. The zero-order valence-corrected chi connectivity index (χ0v) is 19.8. The molecular weight excluding hydrogens is 459 g/mol. The highest BCUT2D eigenvalue weighted by atomic mass is 127. The summed E-state index contributed by atoms with van der Waals surface area (Å²) < 4.78 is 10.8. The van der Waals surface area contributed by atoms with Crippen molar-refractivity contribution in [3.63, 3.8) is 0 Å². The molecule has 5 nitrogen and oxygen atoms in total. The molecule has 0 amide bonds. The van der Waals surface area contributed by atoms with E-state index in [1.165, 1.54) is 6.92 Å². The number of epoxide rings is 1. The Labute approximate surface area is 177 Å². The van der Waals surface area contributed by atoms with Crippen molar-refractivity contribution >= 4 is 34.3 Å². The molecular formula is C21H35IO5. The fourth-order valence-corrected chi connectivity index (χ4v) is 6.04. The fourth-order valence-electron chi connectivity index (χ4n) is 5.01. The van der Waals surface area contributed by atoms with Crippen LogP contribution in [-0.4, -0.2) is 44.2 Å². The molecule has 6 heteroatoms. The Balaban J connectivity index is 2.22. The third kappa shape index (κ3) is 4.22. The SMILES string of the molecule is CCCC[C@]1(I)[C@@H](O)C(=O)[C@H]([C@H](C)C[C@@H](OC(C)=O)[C@@H]2OC2(C)C)C1(C)C. The molecule has 1 N–H and O–H groups in total. The molecule has 1 saturated heterocycles. The normalized spacial score (nSPS) is 36.3. The number of carbonyl (C=O) groups excluding carboxylic acids is 2. The van der Waals surface area contributed by atoms with Crippen LogP contribution in [0, 0.1) is 17.3 Å². The smallest absolute Gasteiger partial charge is 0.302 e. The Hall–Kier alpha value is -0.210. The quantitative estimate of drug-likeness (QED) is 0.238. The van der Waals surface area contributed by atoms with Crippen molar-refractivity contribution in [2.45, 2.75) is 101 Å². The van der Waals surface area contributed by atoms with Gasteiger partial charge in [0.1, 0.15) is 18.3 Å². The second kappa shape index (κ2) is 7.90. The molecule has 156 valence electrons. The molecule has 0 spiro atoms. The van der Waals surface area contributed by atoms with Gasteiger partial charge in [0.25, 0.3) is 0 Å². The number of hydrogen-bond acceptors (Lipinski definition) is 5. The van der Waals surface area contributed by atoms with E-state index >= 15 is 0 Å². The van der Waals surface area contributed by atoms with Crippen molar-refractivity contribution in [3.8, 4) is 0 Å². The number of rotatable bonds is 8. The van der Waals surface area contributed by atoms with E-state index in [9.17, 15) is 14.7 Å². The van der Waals surface area contributed by atoms with Crippen molar-refractivity contribution in [1.82, 2.24) is 0 Å². The molecule has 2 rings (SSSR count). The van der Waals surface area contributed by atoms with Gasteiger partial charge in [-0.25, -0.2) is 0 Å². The van der Waals surface area contributed by atoms with Crippen LogP contribution < -0.4 is 0 Å². The van der Waals surface area contributed by atoms with E-state index in [-0.39, 0.29) is 46.8 Å². The number of aliphatic hydroxyl groups is 1. The molecule has 6 atom stereocenters. The first-order valence-corrected chi connectivity index (χ1v) is 11.1. The summed E-state index contributed by atoms with van der Waals surface area (Å²) in [5.74, 6) is -0.705. The van der Waals surface area contributed by atoms with Crippen LogP contribution >= 0.6 is 22.6 Å². The van der Waals surface area contributed by atoms with Gasteiger partial charge in [0, 0.05) is 12.8 Å². The fraction of sp³-hybridized carbons (Fsp3) is 0.905. The Kier molecular flexibility index (Phi) is 6.75. The van der Waals surface area contributed by atoms with Crippen LogP contribution in [-0.2, 0) is 19.1 Å². The molecule has 1 saturated carbocycles. The minimum atomic E-state index is -0.951. The number of halogens is 1. The molecule has 27 heavy (non-hydrogen) atoms. The Bertz CT molecular complexity index is 587. The lowest BCUT2D eigenvalue weighted by atomic mass is 9.68. The van der Waals surface area contributed by atoms with Crippen LogP contribution in [0.3, 0.4) is 0 Å². The molecule has 2 aliphatic rings. The zero-order chi connectivity index (χ0) is 20.8. The standard InChI is InChI=1S/C21H35IO5/c1-8-9-10-21(22)17(25)16(24)15(19(21,4)5)12(2)11-14(26-13(3)23)18-20(6,7)27-18/h12,14-15,17-18,25H,8-11H2,1-7H3/t12-,14-,15+,17+,18+,21+/m1/s1. The molecule has 0 bridgehead atoms. The van der Waals surface area contributed by atoms with Crippen LogP contribution in [0.2, 0.25) is 0 Å². The summed E-state index contributed by atoms with van der Waals surface area (Å²) in [7, 11) is 0. The molecule has 1 aliphatic carbocycles. The van der Waals surface area contributed by atoms with Gasteiger partial charge in [0.15, 0.2) is 5.78 Å². The average Bonchev–Trinajstić information content (AvgIpc) is 3.15. The van der Waals surface area contributed by atoms with Crippen LogP contribution in [0.15, 0.2) is 0 Å². The lowest BCUT2D eigenvalue weighted by Gasteiger charge is -2.42. The Morgan fingerprint density at radius 2 is 1.89 bits per heavy atom. The van der Waals surface area contributed by atoms with Gasteiger partial charge in [-0.05, 0) is 38.0 Å². The van der Waals surface area contributed by atoms with Gasteiger partial charge in [-0.1, -0.05) is 63.1 Å². The first kappa shape index (κ1) is 23.1. The number of hydrogen-bond donors (Lipinski definition) is 1. The molecule has 2 fully saturated rings. The molecule has 0 unspecified atom stereocenters. The van der Waals surface area contributed by atoms with Crippen LogP contribution in [0.5, 0.6) is 0 Å². The van der Waals surface area contributed by atoms with E-state index in [0.717, 1.165) is 19.3 Å². The van der Waals surface area contributed by atoms with E-state index in [4.69, 9.17) is 9.47 Å². The lowest BCUT2D eigenvalue weighted by Crippen LogP contribution is -2.45. The first-order chi connectivity index (χ1) is 12.3. The van der Waals surface area contributed by atoms with Gasteiger partial charge in [0.05, 0.1) is 9.02 Å². The van der Waals surface area contributed by atoms with Crippen molar-refractivity contribution in [2.24, 2.45) is 17.3 Å². The second-order valence-electron chi connectivity index (χ2n) is 9.47. The number of ketones is 1. The second-order valence-corrected chi connectivity index (χ2v) is 11.4. The Morgan fingerprint density at radius 1 is 1.33 bits per heavy atom. The Morgan fingerprint density at radius 3 is 2.33 bits per heavy atom. The minimum Gasteiger partial charge on any atom is -0.460 e. The highest BCUT2D eigenvalue weighted by Gasteiger charge is 2.64. The minimum absolute atomic E-state index is 0.0234. The van der Waals surface area contributed by atoms with Gasteiger partial charge < -0.3 is 14.6 Å². The van der Waals surface area contributed by atoms with Crippen LogP contribution in [0.1, 0.15) is 74.1 Å². The topological polar surface area (TPSA) is 76.1 Å². The largest absolute Gasteiger partial charge is 0.460 e. The summed E-state index contributed by atoms with van der Waals surface area (Å²) >= 11 is 2.33. The van der Waals surface area contributed by atoms with Gasteiger partial charge in [0.2, 0.25) is 0 Å². The van der Waals surface area contributed by atoms with Crippen molar-refractivity contribution in [1.29, 1.82) is 0 Å². The predicted octanol–water partition coefficient (Wildman–Crippen LogP) is 4.07. The van der Waals surface area contributed by atoms with Gasteiger partial charge >= 0.3 is 5.97 Å². The number of unbranched alkanes of at least 4 members (excludes halogenated alkanes) is 1. The van der Waals surface area contributed by atoms with Gasteiger partial charge in [-0.15, -0.1) is 0 Å². The van der Waals surface area contributed by atoms with Crippen LogP contribution in [0.4, 0.5) is 0 Å². The lowest BCUT2D eigenvalue weighted by molar-refractivity contribution is -0.148.